The number of nitrogens with one attached hydrogen (secondary N) is 1. The number of likely N-dealkylation sites (tertiary alicyclic amines) is 1. The van der Waals surface area contributed by atoms with Crippen molar-refractivity contribution in [2.45, 2.75) is 52.0 Å². The summed E-state index contributed by atoms with van der Waals surface area (Å²) in [6.07, 6.45) is 7.94. The molecule has 0 amide bonds. The first-order chi connectivity index (χ1) is 12.9. The zero-order valence-electron chi connectivity index (χ0n) is 17.6. The van der Waals surface area contributed by atoms with Gasteiger partial charge in [-0.15, -0.1) is 35.3 Å². The second-order valence-corrected chi connectivity index (χ2v) is 9.33. The minimum atomic E-state index is 0. The van der Waals surface area contributed by atoms with E-state index in [4.69, 9.17) is 4.98 Å². The van der Waals surface area contributed by atoms with Crippen LogP contribution in [-0.2, 0) is 11.8 Å². The highest BCUT2D eigenvalue weighted by Gasteiger charge is 2.28. The Balaban J connectivity index is 0.00000280. The summed E-state index contributed by atoms with van der Waals surface area (Å²) in [5.74, 6) is 1.62. The number of aliphatic imine (C=N–C) groups is 1. The molecule has 3 heterocycles. The van der Waals surface area contributed by atoms with Crippen molar-refractivity contribution in [3.63, 3.8) is 0 Å². The van der Waals surface area contributed by atoms with Crippen molar-refractivity contribution in [1.82, 2.24) is 24.8 Å². The highest BCUT2D eigenvalue weighted by Crippen LogP contribution is 2.27. The highest BCUT2D eigenvalue weighted by atomic mass is 127. The SMILES string of the molecule is CN=C(NCCc1nc(C(C)(C)C)cs1)N1CCC(C)C(n2ccnc2)C1.I. The lowest BCUT2D eigenvalue weighted by molar-refractivity contribution is 0.189. The van der Waals surface area contributed by atoms with Crippen molar-refractivity contribution < 1.29 is 0 Å². The van der Waals surface area contributed by atoms with E-state index in [-0.39, 0.29) is 29.4 Å². The molecule has 2 aromatic heterocycles. The van der Waals surface area contributed by atoms with E-state index in [1.807, 2.05) is 19.6 Å². The predicted octanol–water partition coefficient (Wildman–Crippen LogP) is 3.96. The summed E-state index contributed by atoms with van der Waals surface area (Å²) in [7, 11) is 1.87. The van der Waals surface area contributed by atoms with Crippen LogP contribution in [0, 0.1) is 5.92 Å². The Morgan fingerprint density at radius 2 is 2.18 bits per heavy atom. The molecule has 0 saturated carbocycles. The van der Waals surface area contributed by atoms with Gasteiger partial charge in [0, 0.05) is 56.3 Å². The summed E-state index contributed by atoms with van der Waals surface area (Å²) >= 11 is 1.76. The van der Waals surface area contributed by atoms with Crippen LogP contribution < -0.4 is 5.32 Å². The second kappa shape index (κ2) is 10.0. The molecule has 6 nitrogen and oxygen atoms in total. The van der Waals surface area contributed by atoms with Crippen molar-refractivity contribution in [3.8, 4) is 0 Å². The molecule has 0 aliphatic carbocycles. The fraction of sp³-hybridized carbons (Fsp3) is 0.650. The fourth-order valence-corrected chi connectivity index (χ4v) is 4.50. The lowest BCUT2D eigenvalue weighted by Gasteiger charge is -2.39. The summed E-state index contributed by atoms with van der Waals surface area (Å²) in [5, 5.41) is 6.91. The number of guanidine groups is 1. The largest absolute Gasteiger partial charge is 0.356 e. The first kappa shape index (κ1) is 23.1. The van der Waals surface area contributed by atoms with E-state index >= 15 is 0 Å². The summed E-state index contributed by atoms with van der Waals surface area (Å²) in [6, 6.07) is 0.438. The Kier molecular flexibility index (Phi) is 8.30. The van der Waals surface area contributed by atoms with Gasteiger partial charge in [0.1, 0.15) is 0 Å². The Hall–Kier alpha value is -1.16. The van der Waals surface area contributed by atoms with Crippen molar-refractivity contribution >= 4 is 41.3 Å². The van der Waals surface area contributed by atoms with Crippen LogP contribution in [0.25, 0.3) is 0 Å². The molecule has 2 aromatic rings. The molecule has 8 heteroatoms. The number of hydrogen-bond donors (Lipinski definition) is 1. The molecule has 1 fully saturated rings. The third kappa shape index (κ3) is 5.68. The topological polar surface area (TPSA) is 58.3 Å². The van der Waals surface area contributed by atoms with Crippen LogP contribution in [-0.4, -0.2) is 52.1 Å². The molecule has 1 aliphatic heterocycles. The minimum absolute atomic E-state index is 0. The lowest BCUT2D eigenvalue weighted by Crippen LogP contribution is -2.49. The van der Waals surface area contributed by atoms with Crippen LogP contribution in [0.15, 0.2) is 29.1 Å². The minimum Gasteiger partial charge on any atom is -0.356 e. The van der Waals surface area contributed by atoms with Gasteiger partial charge < -0.3 is 14.8 Å². The van der Waals surface area contributed by atoms with Gasteiger partial charge in [-0.1, -0.05) is 27.7 Å². The van der Waals surface area contributed by atoms with Gasteiger partial charge in [-0.25, -0.2) is 9.97 Å². The number of rotatable bonds is 4. The molecule has 3 rings (SSSR count). The van der Waals surface area contributed by atoms with Gasteiger partial charge >= 0.3 is 0 Å². The quantitative estimate of drug-likeness (QED) is 0.380. The maximum Gasteiger partial charge on any atom is 0.193 e. The first-order valence-electron chi connectivity index (χ1n) is 9.76. The highest BCUT2D eigenvalue weighted by molar-refractivity contribution is 14.0. The molecule has 0 radical (unpaired) electrons. The van der Waals surface area contributed by atoms with Crippen molar-refractivity contribution in [2.75, 3.05) is 26.7 Å². The number of thiazole rings is 1. The summed E-state index contributed by atoms with van der Waals surface area (Å²) in [6.45, 7) is 11.8. The Labute approximate surface area is 189 Å². The average Bonchev–Trinajstić information content (AvgIpc) is 3.31. The van der Waals surface area contributed by atoms with E-state index in [2.05, 4.69) is 64.0 Å². The van der Waals surface area contributed by atoms with Crippen LogP contribution in [0.5, 0.6) is 0 Å². The maximum atomic E-state index is 4.79. The van der Waals surface area contributed by atoms with E-state index in [0.717, 1.165) is 38.4 Å². The molecule has 28 heavy (non-hydrogen) atoms. The first-order valence-corrected chi connectivity index (χ1v) is 10.6. The van der Waals surface area contributed by atoms with E-state index in [1.165, 1.54) is 10.7 Å². The van der Waals surface area contributed by atoms with Gasteiger partial charge in [-0.3, -0.25) is 4.99 Å². The Bertz CT molecular complexity index is 749. The van der Waals surface area contributed by atoms with Gasteiger partial charge in [0.15, 0.2) is 5.96 Å². The second-order valence-electron chi connectivity index (χ2n) is 8.39. The van der Waals surface area contributed by atoms with E-state index < -0.39 is 0 Å². The summed E-state index contributed by atoms with van der Waals surface area (Å²) in [4.78, 5) is 15.9. The fourth-order valence-electron chi connectivity index (χ4n) is 3.48. The molecule has 2 unspecified atom stereocenters. The van der Waals surface area contributed by atoms with Crippen molar-refractivity contribution in [1.29, 1.82) is 0 Å². The zero-order valence-corrected chi connectivity index (χ0v) is 20.7. The van der Waals surface area contributed by atoms with Crippen LogP contribution in [0.4, 0.5) is 0 Å². The summed E-state index contributed by atoms with van der Waals surface area (Å²) < 4.78 is 2.23. The third-order valence-electron chi connectivity index (χ3n) is 5.28. The van der Waals surface area contributed by atoms with Gasteiger partial charge in [-0.05, 0) is 12.3 Å². The molecule has 1 N–H and O–H groups in total. The number of piperidine rings is 1. The summed E-state index contributed by atoms with van der Waals surface area (Å²) in [5.41, 5.74) is 1.30. The lowest BCUT2D eigenvalue weighted by atomic mass is 9.93. The van der Waals surface area contributed by atoms with Crippen LogP contribution >= 0.6 is 35.3 Å². The van der Waals surface area contributed by atoms with E-state index in [9.17, 15) is 0 Å². The molecule has 0 aromatic carbocycles. The standard InChI is InChI=1S/C20H32N6S.HI/c1-15-7-10-25(12-16(15)26-11-9-22-14-26)19(21-5)23-8-6-18-24-17(13-27-18)20(2,3)4;/h9,11,13-16H,6-8,10,12H2,1-5H3,(H,21,23);1H. The molecule has 1 aliphatic rings. The monoisotopic (exact) mass is 516 g/mol. The molecule has 2 atom stereocenters. The number of aromatic nitrogens is 3. The third-order valence-corrected chi connectivity index (χ3v) is 6.19. The van der Waals surface area contributed by atoms with Gasteiger partial charge in [-0.2, -0.15) is 0 Å². The number of halogens is 1. The Morgan fingerprint density at radius 3 is 2.79 bits per heavy atom. The van der Waals surface area contributed by atoms with Crippen molar-refractivity contribution in [2.24, 2.45) is 10.9 Å². The van der Waals surface area contributed by atoms with E-state index in [0.29, 0.717) is 12.0 Å². The molecule has 0 bridgehead atoms. The average molecular weight is 516 g/mol. The normalized spacial score (nSPS) is 20.8. The maximum absolute atomic E-state index is 4.79. The molecule has 156 valence electrons. The van der Waals surface area contributed by atoms with Crippen LogP contribution in [0.2, 0.25) is 0 Å². The smallest absolute Gasteiger partial charge is 0.193 e. The van der Waals surface area contributed by atoms with Gasteiger partial charge in [0.2, 0.25) is 0 Å². The van der Waals surface area contributed by atoms with Crippen LogP contribution in [0.3, 0.4) is 0 Å². The van der Waals surface area contributed by atoms with Gasteiger partial charge in [0.05, 0.1) is 23.1 Å². The van der Waals surface area contributed by atoms with Crippen molar-refractivity contribution in [3.05, 3.63) is 34.8 Å². The molecular weight excluding hydrogens is 483 g/mol. The molecule has 1 saturated heterocycles. The molecular formula is C20H33IN6S. The number of nitrogens with zero attached hydrogens (tertiary/aromatic N) is 5. The van der Waals surface area contributed by atoms with Crippen LogP contribution in [0.1, 0.15) is 50.9 Å². The number of imidazole rings is 1. The van der Waals surface area contributed by atoms with E-state index in [1.54, 1.807) is 11.3 Å². The Morgan fingerprint density at radius 1 is 1.39 bits per heavy atom. The molecule has 0 spiro atoms. The zero-order chi connectivity index (χ0) is 19.4. The predicted molar refractivity (Wildman–Crippen MR) is 128 cm³/mol. The number of hydrogen-bond acceptors (Lipinski definition) is 4. The van der Waals surface area contributed by atoms with Gasteiger partial charge in [0.25, 0.3) is 0 Å².